The van der Waals surface area contributed by atoms with Gasteiger partial charge in [-0.2, -0.15) is 0 Å². The van der Waals surface area contributed by atoms with E-state index in [1.807, 2.05) is 0 Å². The Morgan fingerprint density at radius 3 is 2.23 bits per heavy atom. The van der Waals surface area contributed by atoms with Gasteiger partial charge in [-0.1, -0.05) is 51.1 Å². The van der Waals surface area contributed by atoms with Gasteiger partial charge in [-0.25, -0.2) is 4.79 Å². The van der Waals surface area contributed by atoms with Crippen molar-refractivity contribution in [2.45, 2.75) is 109 Å². The molecule has 0 saturated carbocycles. The number of ether oxygens (including phenoxy) is 1. The van der Waals surface area contributed by atoms with Gasteiger partial charge in [-0.05, 0) is 75.2 Å². The quantitative estimate of drug-likeness (QED) is 0.377. The van der Waals surface area contributed by atoms with Gasteiger partial charge in [0, 0.05) is 76.4 Å². The summed E-state index contributed by atoms with van der Waals surface area (Å²) in [5, 5.41) is 0. The largest absolute Gasteiger partial charge is 0.381 e. The highest BCUT2D eigenvalue weighted by molar-refractivity contribution is 5.85. The van der Waals surface area contributed by atoms with E-state index in [4.69, 9.17) is 4.74 Å². The van der Waals surface area contributed by atoms with Crippen LogP contribution in [0, 0.1) is 17.3 Å². The SMILES string of the molecule is CC(C)N1C(=O)N(CC2CCOCC2)CC12CC1CCC(C2)N1C[C@H]1CN(C(=O)CC(C)(C)C)C[C@@H]1c1ccccc1.Cl. The number of amides is 3. The van der Waals surface area contributed by atoms with Crippen molar-refractivity contribution in [3.05, 3.63) is 35.9 Å². The maximum atomic E-state index is 13.9. The summed E-state index contributed by atoms with van der Waals surface area (Å²) in [6, 6.07) is 12.4. The number of benzene rings is 1. The van der Waals surface area contributed by atoms with E-state index in [9.17, 15) is 9.59 Å². The maximum absolute atomic E-state index is 13.9. The number of carbonyl (C=O) groups is 2. The van der Waals surface area contributed by atoms with Gasteiger partial charge in [0.25, 0.3) is 0 Å². The molecule has 4 atom stereocenters. The number of piperidine rings is 1. The molecule has 5 aliphatic heterocycles. The number of nitrogens with zero attached hydrogens (tertiary/aromatic N) is 4. The van der Waals surface area contributed by atoms with Gasteiger partial charge in [0.2, 0.25) is 5.91 Å². The predicted molar refractivity (Wildman–Crippen MR) is 174 cm³/mol. The molecule has 0 aromatic heterocycles. The standard InChI is InChI=1S/C35H54N4O3.ClH/c1-25(2)39-33(41)37(20-26-13-15-42-16-14-26)24-35(39)17-29-11-12-30(18-35)38(29)22-28-21-36(32(40)19-34(3,4)5)23-31(28)27-9-7-6-8-10-27;/h6-10,25-26,28-31H,11-24H2,1-5H3;1H/t28-,29?,30?,31-,35?;/m1./s1. The molecule has 0 aliphatic carbocycles. The molecule has 43 heavy (non-hydrogen) atoms. The lowest BCUT2D eigenvalue weighted by Gasteiger charge is -2.50. The van der Waals surface area contributed by atoms with Crippen molar-refractivity contribution >= 4 is 24.3 Å². The van der Waals surface area contributed by atoms with Crippen LogP contribution in [0.4, 0.5) is 4.79 Å². The van der Waals surface area contributed by atoms with Gasteiger partial charge in [0.05, 0.1) is 5.54 Å². The third-order valence-corrected chi connectivity index (χ3v) is 11.0. The molecule has 1 aromatic carbocycles. The fraction of sp³-hybridized carbons (Fsp3) is 0.771. The second-order valence-corrected chi connectivity index (χ2v) is 15.7. The third-order valence-electron chi connectivity index (χ3n) is 11.0. The number of urea groups is 1. The molecule has 6 rings (SSSR count). The topological polar surface area (TPSA) is 56.3 Å². The summed E-state index contributed by atoms with van der Waals surface area (Å²) in [6.07, 6.45) is 7.33. The van der Waals surface area contributed by atoms with E-state index in [1.54, 1.807) is 0 Å². The monoisotopic (exact) mass is 614 g/mol. The van der Waals surface area contributed by atoms with Crippen LogP contribution in [-0.4, -0.2) is 101 Å². The van der Waals surface area contributed by atoms with E-state index in [2.05, 4.69) is 84.6 Å². The second kappa shape index (κ2) is 12.9. The van der Waals surface area contributed by atoms with Crippen LogP contribution in [0.2, 0.25) is 0 Å². The van der Waals surface area contributed by atoms with Crippen molar-refractivity contribution in [2.75, 3.05) is 45.9 Å². The van der Waals surface area contributed by atoms with Crippen LogP contribution in [0.15, 0.2) is 30.3 Å². The molecular formula is C35H55ClN4O3. The molecule has 5 heterocycles. The molecule has 5 fully saturated rings. The number of hydrogen-bond donors (Lipinski definition) is 0. The third kappa shape index (κ3) is 6.74. The van der Waals surface area contributed by atoms with Crippen molar-refractivity contribution in [3.8, 4) is 0 Å². The Hall–Kier alpha value is -1.83. The van der Waals surface area contributed by atoms with Gasteiger partial charge >= 0.3 is 6.03 Å². The molecule has 1 spiro atoms. The summed E-state index contributed by atoms with van der Waals surface area (Å²) in [7, 11) is 0. The van der Waals surface area contributed by atoms with E-state index in [-0.39, 0.29) is 35.4 Å². The Morgan fingerprint density at radius 2 is 1.63 bits per heavy atom. The predicted octanol–water partition coefficient (Wildman–Crippen LogP) is 6.02. The van der Waals surface area contributed by atoms with Crippen LogP contribution >= 0.6 is 12.4 Å². The molecule has 0 radical (unpaired) electrons. The highest BCUT2D eigenvalue weighted by Gasteiger charge is 2.58. The van der Waals surface area contributed by atoms with Crippen molar-refractivity contribution < 1.29 is 14.3 Å². The molecule has 5 saturated heterocycles. The molecule has 240 valence electrons. The van der Waals surface area contributed by atoms with Crippen molar-refractivity contribution in [2.24, 2.45) is 17.3 Å². The van der Waals surface area contributed by atoms with Gasteiger partial charge in [0.15, 0.2) is 0 Å². The van der Waals surface area contributed by atoms with E-state index in [0.717, 1.165) is 71.6 Å². The number of hydrogen-bond acceptors (Lipinski definition) is 4. The number of carbonyl (C=O) groups excluding carboxylic acids is 2. The summed E-state index contributed by atoms with van der Waals surface area (Å²) in [4.78, 5) is 36.7. The number of halogens is 1. The molecule has 7 nitrogen and oxygen atoms in total. The average Bonchev–Trinajstić information content (AvgIpc) is 3.55. The first-order chi connectivity index (χ1) is 20.0. The van der Waals surface area contributed by atoms with E-state index >= 15 is 0 Å². The first-order valence-corrected chi connectivity index (χ1v) is 16.8. The van der Waals surface area contributed by atoms with Gasteiger partial charge in [-0.15, -0.1) is 12.4 Å². The van der Waals surface area contributed by atoms with E-state index < -0.39 is 0 Å². The van der Waals surface area contributed by atoms with Crippen molar-refractivity contribution in [1.29, 1.82) is 0 Å². The fourth-order valence-electron chi connectivity index (χ4n) is 9.22. The number of fused-ring (bicyclic) bond motifs is 2. The molecule has 3 amide bonds. The highest BCUT2D eigenvalue weighted by atomic mass is 35.5. The zero-order valence-electron chi connectivity index (χ0n) is 27.2. The molecule has 1 aromatic rings. The minimum Gasteiger partial charge on any atom is -0.381 e. The van der Waals surface area contributed by atoms with Crippen molar-refractivity contribution in [3.63, 3.8) is 0 Å². The van der Waals surface area contributed by atoms with Gasteiger partial charge < -0.3 is 19.4 Å². The van der Waals surface area contributed by atoms with Crippen LogP contribution in [0.5, 0.6) is 0 Å². The molecule has 0 N–H and O–H groups in total. The lowest BCUT2D eigenvalue weighted by atomic mass is 9.80. The zero-order chi connectivity index (χ0) is 29.6. The fourth-order valence-corrected chi connectivity index (χ4v) is 9.22. The summed E-state index contributed by atoms with van der Waals surface area (Å²) in [5.74, 6) is 1.67. The minimum atomic E-state index is -0.0536. The van der Waals surface area contributed by atoms with Crippen LogP contribution < -0.4 is 0 Å². The summed E-state index contributed by atoms with van der Waals surface area (Å²) in [6.45, 7) is 17.0. The van der Waals surface area contributed by atoms with Crippen LogP contribution in [0.25, 0.3) is 0 Å². The Kier molecular flexibility index (Phi) is 9.75. The number of rotatable bonds is 7. The van der Waals surface area contributed by atoms with E-state index in [0.29, 0.717) is 42.2 Å². The molecule has 2 unspecified atom stereocenters. The molecule has 5 aliphatic rings. The van der Waals surface area contributed by atoms with E-state index in [1.165, 1.54) is 18.4 Å². The smallest absolute Gasteiger partial charge is 0.320 e. The Balaban J connectivity index is 0.00000368. The van der Waals surface area contributed by atoms with Gasteiger partial charge in [-0.3, -0.25) is 9.69 Å². The first-order valence-electron chi connectivity index (χ1n) is 16.8. The summed E-state index contributed by atoms with van der Waals surface area (Å²) in [5.41, 5.74) is 1.31. The Morgan fingerprint density at radius 1 is 0.977 bits per heavy atom. The first kappa shape index (κ1) is 32.6. The zero-order valence-corrected chi connectivity index (χ0v) is 28.0. The van der Waals surface area contributed by atoms with Crippen LogP contribution in [-0.2, 0) is 9.53 Å². The minimum absolute atomic E-state index is 0. The average molecular weight is 615 g/mol. The van der Waals surface area contributed by atoms with Crippen LogP contribution in [0.3, 0.4) is 0 Å². The number of likely N-dealkylation sites (tertiary alicyclic amines) is 1. The van der Waals surface area contributed by atoms with Crippen LogP contribution in [0.1, 0.15) is 91.0 Å². The Bertz CT molecular complexity index is 1100. The lowest BCUT2D eigenvalue weighted by Crippen LogP contribution is -2.60. The normalized spacial score (nSPS) is 31.9. The Labute approximate surface area is 266 Å². The molecule has 2 bridgehead atoms. The summed E-state index contributed by atoms with van der Waals surface area (Å²) < 4.78 is 5.60. The molecule has 8 heteroatoms. The van der Waals surface area contributed by atoms with Gasteiger partial charge in [0.1, 0.15) is 0 Å². The second-order valence-electron chi connectivity index (χ2n) is 15.7. The van der Waals surface area contributed by atoms with Crippen molar-refractivity contribution in [1.82, 2.24) is 19.6 Å². The highest BCUT2D eigenvalue weighted by Crippen LogP contribution is 2.49. The summed E-state index contributed by atoms with van der Waals surface area (Å²) >= 11 is 0. The molecular weight excluding hydrogens is 560 g/mol. The maximum Gasteiger partial charge on any atom is 0.320 e. The lowest BCUT2D eigenvalue weighted by molar-refractivity contribution is -0.132.